The summed E-state index contributed by atoms with van der Waals surface area (Å²) in [5, 5.41) is 2.54. The first-order chi connectivity index (χ1) is 9.96. The van der Waals surface area contributed by atoms with Gasteiger partial charge in [-0.1, -0.05) is 0 Å². The van der Waals surface area contributed by atoms with Crippen molar-refractivity contribution in [1.29, 1.82) is 0 Å². The predicted octanol–water partition coefficient (Wildman–Crippen LogP) is 3.36. The molecule has 0 saturated carbocycles. The van der Waals surface area contributed by atoms with Crippen molar-refractivity contribution in [2.45, 2.75) is 46.0 Å². The van der Waals surface area contributed by atoms with E-state index < -0.39 is 24.5 Å². The van der Waals surface area contributed by atoms with Gasteiger partial charge in [0.15, 0.2) is 6.61 Å². The van der Waals surface area contributed by atoms with E-state index in [9.17, 15) is 18.0 Å². The Morgan fingerprint density at radius 3 is 2.45 bits per heavy atom. The Hall–Kier alpha value is -1.99. The molecule has 1 aromatic heterocycles. The second-order valence-corrected chi connectivity index (χ2v) is 5.72. The number of alkyl halides is 3. The first-order valence-corrected chi connectivity index (χ1v) is 6.58. The van der Waals surface area contributed by atoms with Crippen LogP contribution in [-0.4, -0.2) is 29.5 Å². The smallest absolute Gasteiger partial charge is 0.422 e. The van der Waals surface area contributed by atoms with Gasteiger partial charge in [-0.25, -0.2) is 9.78 Å². The molecule has 0 aliphatic rings. The number of carbonyl (C=O) groups is 1. The normalized spacial score (nSPS) is 12.0. The van der Waals surface area contributed by atoms with Crippen LogP contribution in [0.1, 0.15) is 31.9 Å². The van der Waals surface area contributed by atoms with E-state index in [-0.39, 0.29) is 12.4 Å². The van der Waals surface area contributed by atoms with Crippen LogP contribution < -0.4 is 10.1 Å². The number of rotatable bonds is 4. The molecule has 5 nitrogen and oxygen atoms in total. The number of amides is 1. The monoisotopic (exact) mass is 320 g/mol. The largest absolute Gasteiger partial charge is 0.468 e. The van der Waals surface area contributed by atoms with Gasteiger partial charge < -0.3 is 14.8 Å². The van der Waals surface area contributed by atoms with Crippen molar-refractivity contribution in [2.75, 3.05) is 6.61 Å². The van der Waals surface area contributed by atoms with Crippen LogP contribution in [0, 0.1) is 6.92 Å². The summed E-state index contributed by atoms with van der Waals surface area (Å²) < 4.78 is 45.9. The Balaban J connectivity index is 2.57. The molecule has 1 heterocycles. The Morgan fingerprint density at radius 2 is 1.95 bits per heavy atom. The quantitative estimate of drug-likeness (QED) is 0.924. The van der Waals surface area contributed by atoms with Gasteiger partial charge in [-0.2, -0.15) is 13.2 Å². The summed E-state index contributed by atoms with van der Waals surface area (Å²) in [6.45, 7) is 5.57. The molecule has 0 aliphatic carbocycles. The lowest BCUT2D eigenvalue weighted by atomic mass is 10.2. The average Bonchev–Trinajstić information content (AvgIpc) is 2.32. The van der Waals surface area contributed by atoms with Gasteiger partial charge in [0.05, 0.1) is 0 Å². The number of ether oxygens (including phenoxy) is 2. The first kappa shape index (κ1) is 18.1. The van der Waals surface area contributed by atoms with Gasteiger partial charge in [0.2, 0.25) is 5.88 Å². The number of hydrogen-bond acceptors (Lipinski definition) is 4. The zero-order valence-electron chi connectivity index (χ0n) is 12.9. The van der Waals surface area contributed by atoms with Gasteiger partial charge in [-0.3, -0.25) is 0 Å². The number of hydrogen-bond donors (Lipinski definition) is 1. The summed E-state index contributed by atoms with van der Waals surface area (Å²) in [5.41, 5.74) is 0.475. The van der Waals surface area contributed by atoms with Gasteiger partial charge >= 0.3 is 12.3 Å². The second-order valence-electron chi connectivity index (χ2n) is 5.72. The van der Waals surface area contributed by atoms with Crippen LogP contribution in [0.15, 0.2) is 12.3 Å². The van der Waals surface area contributed by atoms with Gasteiger partial charge in [-0.05, 0) is 39.3 Å². The molecule has 0 saturated heterocycles. The second kappa shape index (κ2) is 6.85. The zero-order chi connectivity index (χ0) is 17.0. The van der Waals surface area contributed by atoms with E-state index in [4.69, 9.17) is 4.74 Å². The van der Waals surface area contributed by atoms with Crippen LogP contribution in [0.2, 0.25) is 0 Å². The van der Waals surface area contributed by atoms with Crippen LogP contribution in [0.5, 0.6) is 5.88 Å². The average molecular weight is 320 g/mol. The molecule has 0 atom stereocenters. The molecule has 22 heavy (non-hydrogen) atoms. The number of aromatic nitrogens is 1. The van der Waals surface area contributed by atoms with Crippen molar-refractivity contribution >= 4 is 6.09 Å². The Kier molecular flexibility index (Phi) is 5.62. The van der Waals surface area contributed by atoms with E-state index in [0.29, 0.717) is 11.1 Å². The zero-order valence-corrected chi connectivity index (χ0v) is 12.9. The summed E-state index contributed by atoms with van der Waals surface area (Å²) in [4.78, 5) is 15.3. The third-order valence-electron chi connectivity index (χ3n) is 2.30. The highest BCUT2D eigenvalue weighted by atomic mass is 19.4. The summed E-state index contributed by atoms with van der Waals surface area (Å²) in [7, 11) is 0. The minimum atomic E-state index is -4.41. The number of nitrogens with zero attached hydrogens (tertiary/aromatic N) is 1. The minimum absolute atomic E-state index is 0.0849. The number of carbonyl (C=O) groups excluding carboxylic acids is 1. The fourth-order valence-electron chi connectivity index (χ4n) is 1.51. The molecule has 1 aromatic rings. The van der Waals surface area contributed by atoms with Crippen LogP contribution >= 0.6 is 0 Å². The van der Waals surface area contributed by atoms with Gasteiger partial charge in [0.1, 0.15) is 5.60 Å². The molecule has 1 N–H and O–H groups in total. The molecule has 8 heteroatoms. The third kappa shape index (κ3) is 7.14. The van der Waals surface area contributed by atoms with E-state index in [2.05, 4.69) is 15.0 Å². The highest BCUT2D eigenvalue weighted by Crippen LogP contribution is 2.20. The van der Waals surface area contributed by atoms with E-state index in [1.807, 2.05) is 0 Å². The van der Waals surface area contributed by atoms with Crippen LogP contribution in [0.25, 0.3) is 0 Å². The number of pyridine rings is 1. The maximum atomic E-state index is 12.1. The molecular formula is C14H19F3N2O3. The topological polar surface area (TPSA) is 60.5 Å². The maximum Gasteiger partial charge on any atom is 0.422 e. The van der Waals surface area contributed by atoms with Gasteiger partial charge in [0, 0.05) is 18.3 Å². The third-order valence-corrected chi connectivity index (χ3v) is 2.30. The maximum absolute atomic E-state index is 12.1. The Bertz CT molecular complexity index is 525. The van der Waals surface area contributed by atoms with Crippen LogP contribution in [0.4, 0.5) is 18.0 Å². The highest BCUT2D eigenvalue weighted by Gasteiger charge is 2.29. The lowest BCUT2D eigenvalue weighted by molar-refractivity contribution is -0.154. The molecule has 0 spiro atoms. The van der Waals surface area contributed by atoms with E-state index >= 15 is 0 Å². The lowest BCUT2D eigenvalue weighted by Crippen LogP contribution is -2.32. The number of halogens is 3. The van der Waals surface area contributed by atoms with E-state index in [1.54, 1.807) is 33.8 Å². The lowest BCUT2D eigenvalue weighted by Gasteiger charge is -2.19. The summed E-state index contributed by atoms with van der Waals surface area (Å²) in [6, 6.07) is 1.59. The van der Waals surface area contributed by atoms with Crippen molar-refractivity contribution in [3.8, 4) is 5.88 Å². The predicted molar refractivity (Wildman–Crippen MR) is 73.6 cm³/mol. The van der Waals surface area contributed by atoms with E-state index in [0.717, 1.165) is 0 Å². The highest BCUT2D eigenvalue weighted by molar-refractivity contribution is 5.67. The van der Waals surface area contributed by atoms with Crippen molar-refractivity contribution in [1.82, 2.24) is 10.3 Å². The summed E-state index contributed by atoms with van der Waals surface area (Å²) >= 11 is 0. The van der Waals surface area contributed by atoms with Crippen molar-refractivity contribution in [3.05, 3.63) is 23.4 Å². The van der Waals surface area contributed by atoms with Gasteiger partial charge in [-0.15, -0.1) is 0 Å². The van der Waals surface area contributed by atoms with Crippen molar-refractivity contribution in [2.24, 2.45) is 0 Å². The molecule has 1 amide bonds. The Morgan fingerprint density at radius 1 is 1.32 bits per heavy atom. The number of alkyl carbamates (subject to hydrolysis) is 1. The summed E-state index contributed by atoms with van der Waals surface area (Å²) in [6.07, 6.45) is -3.65. The number of nitrogens with one attached hydrogen (secondary N) is 1. The molecular weight excluding hydrogens is 301 g/mol. The fraction of sp³-hybridized carbons (Fsp3) is 0.571. The molecule has 0 radical (unpaired) electrons. The first-order valence-electron chi connectivity index (χ1n) is 6.58. The van der Waals surface area contributed by atoms with Crippen molar-refractivity contribution < 1.29 is 27.4 Å². The van der Waals surface area contributed by atoms with Gasteiger partial charge in [0.25, 0.3) is 0 Å². The number of aryl methyl sites for hydroxylation is 1. The molecule has 0 aliphatic heterocycles. The molecule has 0 aromatic carbocycles. The molecule has 0 bridgehead atoms. The summed E-state index contributed by atoms with van der Waals surface area (Å²) in [5.74, 6) is -0.0849. The van der Waals surface area contributed by atoms with E-state index in [1.165, 1.54) is 6.20 Å². The minimum Gasteiger partial charge on any atom is -0.468 e. The molecule has 0 unspecified atom stereocenters. The fourth-order valence-corrected chi connectivity index (χ4v) is 1.51. The van der Waals surface area contributed by atoms with Crippen LogP contribution in [-0.2, 0) is 11.3 Å². The molecule has 124 valence electrons. The van der Waals surface area contributed by atoms with Crippen molar-refractivity contribution in [3.63, 3.8) is 0 Å². The molecule has 1 rings (SSSR count). The Labute approximate surface area is 126 Å². The SMILES string of the molecule is Cc1cc(CNC(=O)OC(C)(C)C)cnc1OCC(F)(F)F. The standard InChI is InChI=1S/C14H19F3N2O3/c1-9-5-10(7-19-12(20)22-13(2,3)4)6-18-11(9)21-8-14(15,16)17/h5-6H,7-8H2,1-4H3,(H,19,20). The van der Waals surface area contributed by atoms with Crippen LogP contribution in [0.3, 0.4) is 0 Å². The molecule has 0 fully saturated rings.